The zero-order valence-electron chi connectivity index (χ0n) is 15.1. The lowest BCUT2D eigenvalue weighted by Gasteiger charge is -2.26. The molecule has 1 saturated heterocycles. The van der Waals surface area contributed by atoms with Crippen LogP contribution in [0.3, 0.4) is 0 Å². The molecule has 0 bridgehead atoms. The van der Waals surface area contributed by atoms with E-state index in [1.165, 1.54) is 6.42 Å². The van der Waals surface area contributed by atoms with E-state index in [0.29, 0.717) is 5.56 Å². The summed E-state index contributed by atoms with van der Waals surface area (Å²) >= 11 is 0. The number of nitrogens with one attached hydrogen (secondary N) is 2. The number of nitrogens with zero attached hydrogens (tertiary/aromatic N) is 1. The van der Waals surface area contributed by atoms with Gasteiger partial charge >= 0.3 is 0 Å². The fraction of sp³-hybridized carbons (Fsp3) is 0.333. The molecule has 2 aromatic carbocycles. The van der Waals surface area contributed by atoms with Crippen LogP contribution < -0.4 is 10.6 Å². The molecule has 26 heavy (non-hydrogen) atoms. The predicted octanol–water partition coefficient (Wildman–Crippen LogP) is 3.67. The fourth-order valence-corrected chi connectivity index (χ4v) is 3.15. The first kappa shape index (κ1) is 18.0. The maximum Gasteiger partial charge on any atom is 0.253 e. The highest BCUT2D eigenvalue weighted by Crippen LogP contribution is 2.16. The number of hydrogen-bond acceptors (Lipinski definition) is 3. The Kier molecular flexibility index (Phi) is 5.89. The third-order valence-electron chi connectivity index (χ3n) is 4.51. The van der Waals surface area contributed by atoms with Crippen molar-refractivity contribution in [3.05, 3.63) is 59.7 Å². The lowest BCUT2D eigenvalue weighted by molar-refractivity contribution is -0.114. The van der Waals surface area contributed by atoms with Crippen LogP contribution in [0.15, 0.2) is 48.5 Å². The molecule has 1 heterocycles. The first-order valence-corrected chi connectivity index (χ1v) is 9.11. The molecule has 1 aliphatic rings. The van der Waals surface area contributed by atoms with Gasteiger partial charge < -0.3 is 15.5 Å². The van der Waals surface area contributed by atoms with Crippen LogP contribution in [0.4, 0.5) is 11.4 Å². The number of aryl methyl sites for hydroxylation is 1. The van der Waals surface area contributed by atoms with Crippen molar-refractivity contribution < 1.29 is 9.59 Å². The van der Waals surface area contributed by atoms with Crippen molar-refractivity contribution in [1.29, 1.82) is 0 Å². The van der Waals surface area contributed by atoms with Gasteiger partial charge in [-0.2, -0.15) is 0 Å². The van der Waals surface area contributed by atoms with Crippen LogP contribution in [0.2, 0.25) is 0 Å². The second-order valence-electron chi connectivity index (χ2n) is 6.70. The minimum absolute atomic E-state index is 0.0672. The SMILES string of the molecule is Cc1cccc(NC(=O)CNc2cccc(C(=O)N3CCCCC3)c2)c1. The van der Waals surface area contributed by atoms with Crippen LogP contribution >= 0.6 is 0 Å². The molecule has 2 N–H and O–H groups in total. The Balaban J connectivity index is 1.56. The number of carbonyl (C=O) groups is 2. The predicted molar refractivity (Wildman–Crippen MR) is 104 cm³/mol. The van der Waals surface area contributed by atoms with Gasteiger partial charge in [-0.15, -0.1) is 0 Å². The van der Waals surface area contributed by atoms with Crippen LogP contribution in [0.25, 0.3) is 0 Å². The number of benzene rings is 2. The van der Waals surface area contributed by atoms with Gasteiger partial charge in [-0.3, -0.25) is 9.59 Å². The average molecular weight is 351 g/mol. The summed E-state index contributed by atoms with van der Waals surface area (Å²) in [4.78, 5) is 26.6. The molecule has 0 atom stereocenters. The number of carbonyl (C=O) groups excluding carboxylic acids is 2. The maximum atomic E-state index is 12.6. The summed E-state index contributed by atoms with van der Waals surface area (Å²) in [6.45, 7) is 3.79. The van der Waals surface area contributed by atoms with Gasteiger partial charge in [-0.05, 0) is 62.1 Å². The Morgan fingerprint density at radius 2 is 1.69 bits per heavy atom. The summed E-state index contributed by atoms with van der Waals surface area (Å²) < 4.78 is 0. The van der Waals surface area contributed by atoms with E-state index in [2.05, 4.69) is 10.6 Å². The van der Waals surface area contributed by atoms with Crippen LogP contribution in [0.1, 0.15) is 35.2 Å². The van der Waals surface area contributed by atoms with Crippen molar-refractivity contribution in [2.24, 2.45) is 0 Å². The standard InChI is InChI=1S/C21H25N3O2/c1-16-7-5-10-19(13-16)23-20(25)15-22-18-9-6-8-17(14-18)21(26)24-11-3-2-4-12-24/h5-10,13-14,22H,2-4,11-12,15H2,1H3,(H,23,25). The Labute approximate surface area is 154 Å². The van der Waals surface area contributed by atoms with Gasteiger partial charge in [0.25, 0.3) is 5.91 Å². The van der Waals surface area contributed by atoms with Crippen molar-refractivity contribution in [3.8, 4) is 0 Å². The average Bonchev–Trinajstić information content (AvgIpc) is 2.67. The Hall–Kier alpha value is -2.82. The van der Waals surface area contributed by atoms with E-state index in [9.17, 15) is 9.59 Å². The summed E-state index contributed by atoms with van der Waals surface area (Å²) in [7, 11) is 0. The molecular weight excluding hydrogens is 326 g/mol. The highest BCUT2D eigenvalue weighted by Gasteiger charge is 2.18. The number of amides is 2. The topological polar surface area (TPSA) is 61.4 Å². The highest BCUT2D eigenvalue weighted by atomic mass is 16.2. The Morgan fingerprint density at radius 1 is 0.962 bits per heavy atom. The van der Waals surface area contributed by atoms with Crippen molar-refractivity contribution >= 4 is 23.2 Å². The van der Waals surface area contributed by atoms with Crippen molar-refractivity contribution in [2.45, 2.75) is 26.2 Å². The smallest absolute Gasteiger partial charge is 0.253 e. The van der Waals surface area contributed by atoms with Crippen LogP contribution in [0, 0.1) is 6.92 Å². The van der Waals surface area contributed by atoms with Gasteiger partial charge in [-0.25, -0.2) is 0 Å². The summed E-state index contributed by atoms with van der Waals surface area (Å²) in [5, 5.41) is 5.96. The lowest BCUT2D eigenvalue weighted by Crippen LogP contribution is -2.35. The van der Waals surface area contributed by atoms with E-state index in [0.717, 1.165) is 42.9 Å². The molecule has 3 rings (SSSR count). The summed E-state index contributed by atoms with van der Waals surface area (Å²) in [6, 6.07) is 15.0. The molecule has 0 aromatic heterocycles. The number of hydrogen-bond donors (Lipinski definition) is 2. The molecule has 0 unspecified atom stereocenters. The van der Waals surface area contributed by atoms with E-state index < -0.39 is 0 Å². The fourth-order valence-electron chi connectivity index (χ4n) is 3.15. The summed E-state index contributed by atoms with van der Waals surface area (Å²) in [5.74, 6) is -0.0547. The van der Waals surface area contributed by atoms with Gasteiger partial charge in [0.15, 0.2) is 0 Å². The van der Waals surface area contributed by atoms with E-state index in [-0.39, 0.29) is 18.4 Å². The molecule has 2 amide bonds. The molecule has 0 radical (unpaired) electrons. The monoisotopic (exact) mass is 351 g/mol. The van der Waals surface area contributed by atoms with E-state index >= 15 is 0 Å². The maximum absolute atomic E-state index is 12.6. The molecule has 5 heteroatoms. The van der Waals surface area contributed by atoms with Gasteiger partial charge in [-0.1, -0.05) is 18.2 Å². The van der Waals surface area contributed by atoms with E-state index in [1.807, 2.05) is 60.4 Å². The number of rotatable bonds is 5. The number of likely N-dealkylation sites (tertiary alicyclic amines) is 1. The minimum Gasteiger partial charge on any atom is -0.376 e. The number of piperidine rings is 1. The van der Waals surface area contributed by atoms with Gasteiger partial charge in [0.05, 0.1) is 6.54 Å². The first-order chi connectivity index (χ1) is 12.6. The Morgan fingerprint density at radius 3 is 2.46 bits per heavy atom. The second kappa shape index (κ2) is 8.52. The van der Waals surface area contributed by atoms with E-state index in [1.54, 1.807) is 0 Å². The zero-order valence-corrected chi connectivity index (χ0v) is 15.1. The second-order valence-corrected chi connectivity index (χ2v) is 6.70. The number of anilines is 2. The molecule has 0 saturated carbocycles. The zero-order chi connectivity index (χ0) is 18.4. The third-order valence-corrected chi connectivity index (χ3v) is 4.51. The van der Waals surface area contributed by atoms with Crippen molar-refractivity contribution in [2.75, 3.05) is 30.3 Å². The quantitative estimate of drug-likeness (QED) is 0.864. The van der Waals surface area contributed by atoms with Crippen LogP contribution in [0.5, 0.6) is 0 Å². The van der Waals surface area contributed by atoms with Crippen molar-refractivity contribution in [3.63, 3.8) is 0 Å². The summed E-state index contributed by atoms with van der Waals surface area (Å²) in [6.07, 6.45) is 3.34. The molecule has 0 spiro atoms. The largest absolute Gasteiger partial charge is 0.376 e. The Bertz CT molecular complexity index is 782. The van der Waals surface area contributed by atoms with Gasteiger partial charge in [0.2, 0.25) is 5.91 Å². The van der Waals surface area contributed by atoms with E-state index in [4.69, 9.17) is 0 Å². The minimum atomic E-state index is -0.122. The molecule has 1 aliphatic heterocycles. The molecule has 5 nitrogen and oxygen atoms in total. The van der Waals surface area contributed by atoms with Crippen molar-refractivity contribution in [1.82, 2.24) is 4.90 Å². The summed E-state index contributed by atoms with van der Waals surface area (Å²) in [5.41, 5.74) is 3.31. The van der Waals surface area contributed by atoms with Gasteiger partial charge in [0, 0.05) is 30.0 Å². The van der Waals surface area contributed by atoms with Crippen LogP contribution in [-0.4, -0.2) is 36.3 Å². The first-order valence-electron chi connectivity index (χ1n) is 9.11. The van der Waals surface area contributed by atoms with Crippen LogP contribution in [-0.2, 0) is 4.79 Å². The normalized spacial score (nSPS) is 14.0. The lowest BCUT2D eigenvalue weighted by atomic mass is 10.1. The molecule has 136 valence electrons. The van der Waals surface area contributed by atoms with Gasteiger partial charge in [0.1, 0.15) is 0 Å². The molecule has 0 aliphatic carbocycles. The highest BCUT2D eigenvalue weighted by molar-refractivity contribution is 5.96. The third kappa shape index (κ3) is 4.85. The molecular formula is C21H25N3O2. The molecule has 1 fully saturated rings. The molecule has 2 aromatic rings.